The maximum atomic E-state index is 12.4. The number of halogens is 1. The molecule has 144 valence electrons. The van der Waals surface area contributed by atoms with Gasteiger partial charge in [0.05, 0.1) is 29.5 Å². The molecule has 27 heavy (non-hydrogen) atoms. The van der Waals surface area contributed by atoms with Gasteiger partial charge in [0.25, 0.3) is 0 Å². The van der Waals surface area contributed by atoms with Crippen LogP contribution < -0.4 is 15.0 Å². The third kappa shape index (κ3) is 4.93. The molecule has 1 atom stereocenters. The number of benzene rings is 2. The number of fused-ring (bicyclic) bond motifs is 1. The van der Waals surface area contributed by atoms with Gasteiger partial charge in [0, 0.05) is 13.1 Å². The zero-order valence-corrected chi connectivity index (χ0v) is 16.8. The molecule has 6 heteroatoms. The van der Waals surface area contributed by atoms with E-state index in [1.165, 1.54) is 0 Å². The van der Waals surface area contributed by atoms with Crippen LogP contribution in [0.15, 0.2) is 42.5 Å². The lowest BCUT2D eigenvalue weighted by molar-refractivity contribution is -0.117. The predicted molar refractivity (Wildman–Crippen MR) is 111 cm³/mol. The first-order valence-electron chi connectivity index (χ1n) is 9.21. The zero-order chi connectivity index (χ0) is 19.4. The molecule has 2 aromatic carbocycles. The van der Waals surface area contributed by atoms with Crippen LogP contribution in [-0.2, 0) is 4.79 Å². The number of likely N-dealkylation sites (N-methyl/N-ethyl adjacent to an activating group) is 2. The molecule has 5 nitrogen and oxygen atoms in total. The summed E-state index contributed by atoms with van der Waals surface area (Å²) in [6, 6.07) is 13.7. The van der Waals surface area contributed by atoms with Crippen molar-refractivity contribution in [3.63, 3.8) is 0 Å². The first kappa shape index (κ1) is 19.5. The molecule has 1 aliphatic rings. The van der Waals surface area contributed by atoms with E-state index in [4.69, 9.17) is 16.3 Å². The number of amides is 1. The van der Waals surface area contributed by atoms with Gasteiger partial charge >= 0.3 is 0 Å². The summed E-state index contributed by atoms with van der Waals surface area (Å²) in [5.41, 5.74) is 2.83. The molecular weight excluding hydrogens is 362 g/mol. The van der Waals surface area contributed by atoms with E-state index in [-0.39, 0.29) is 18.6 Å². The predicted octanol–water partition coefficient (Wildman–Crippen LogP) is 3.81. The maximum absolute atomic E-state index is 12.4. The molecule has 0 saturated carbocycles. The van der Waals surface area contributed by atoms with Gasteiger partial charge in [-0.25, -0.2) is 0 Å². The normalized spacial score (nSPS) is 16.0. The Bertz CT molecular complexity index is 812. The largest absolute Gasteiger partial charge is 0.485 e. The first-order valence-corrected chi connectivity index (χ1v) is 9.59. The molecule has 1 N–H and O–H groups in total. The fourth-order valence-electron chi connectivity index (χ4n) is 3.34. The first-order chi connectivity index (χ1) is 13.0. The Morgan fingerprint density at radius 2 is 2.11 bits per heavy atom. The molecule has 3 rings (SSSR count). The van der Waals surface area contributed by atoms with E-state index in [1.807, 2.05) is 55.3 Å². The van der Waals surface area contributed by atoms with Crippen LogP contribution in [0.5, 0.6) is 5.75 Å². The molecular formula is C21H26ClN3O2. The highest BCUT2D eigenvalue weighted by atomic mass is 35.5. The van der Waals surface area contributed by atoms with Crippen molar-refractivity contribution in [2.75, 3.05) is 43.4 Å². The topological polar surface area (TPSA) is 44.8 Å². The van der Waals surface area contributed by atoms with Crippen LogP contribution in [0.2, 0.25) is 5.02 Å². The van der Waals surface area contributed by atoms with Crippen LogP contribution in [0.25, 0.3) is 0 Å². The minimum absolute atomic E-state index is 0.0145. The standard InChI is InChI=1S/C21H26ClN3O2/c1-4-25-13-16(27-20-8-6-5-7-19(20)25)12-24(3)14-21(26)23-18-10-9-15(2)11-17(18)22/h5-11,16H,4,12-14H2,1-3H3,(H,23,26). The van der Waals surface area contributed by atoms with Crippen LogP contribution in [-0.4, -0.2) is 50.1 Å². The van der Waals surface area contributed by atoms with Crippen LogP contribution in [0, 0.1) is 6.92 Å². The summed E-state index contributed by atoms with van der Waals surface area (Å²) in [4.78, 5) is 16.6. The van der Waals surface area contributed by atoms with Gasteiger partial charge in [-0.15, -0.1) is 0 Å². The molecule has 0 spiro atoms. The number of anilines is 2. The quantitative estimate of drug-likeness (QED) is 0.818. The Hall–Kier alpha value is -2.24. The van der Waals surface area contributed by atoms with Crippen molar-refractivity contribution in [2.45, 2.75) is 20.0 Å². The van der Waals surface area contributed by atoms with Crippen LogP contribution in [0.1, 0.15) is 12.5 Å². The number of carbonyl (C=O) groups is 1. The summed E-state index contributed by atoms with van der Waals surface area (Å²) in [6.07, 6.45) is 0.0145. The van der Waals surface area contributed by atoms with Gasteiger partial charge in [0.1, 0.15) is 11.9 Å². The fraction of sp³-hybridized carbons (Fsp3) is 0.381. The summed E-state index contributed by atoms with van der Waals surface area (Å²) in [5, 5.41) is 3.43. The molecule has 0 saturated heterocycles. The lowest BCUT2D eigenvalue weighted by atomic mass is 10.2. The summed E-state index contributed by atoms with van der Waals surface area (Å²) in [6.45, 7) is 6.78. The van der Waals surface area contributed by atoms with Gasteiger partial charge in [0.2, 0.25) is 5.91 Å². The van der Waals surface area contributed by atoms with E-state index < -0.39 is 0 Å². The number of hydrogen-bond acceptors (Lipinski definition) is 4. The van der Waals surface area contributed by atoms with Gasteiger partial charge in [-0.1, -0.05) is 29.8 Å². The van der Waals surface area contributed by atoms with Gasteiger partial charge in [-0.05, 0) is 50.7 Å². The molecule has 0 aromatic heterocycles. The van der Waals surface area contributed by atoms with Crippen molar-refractivity contribution in [1.82, 2.24) is 4.90 Å². The fourth-order valence-corrected chi connectivity index (χ4v) is 3.62. The number of nitrogens with zero attached hydrogens (tertiary/aromatic N) is 2. The van der Waals surface area contributed by atoms with Crippen molar-refractivity contribution in [3.05, 3.63) is 53.1 Å². The molecule has 0 radical (unpaired) electrons. The number of aryl methyl sites for hydroxylation is 1. The minimum atomic E-state index is -0.0909. The highest BCUT2D eigenvalue weighted by molar-refractivity contribution is 6.33. The molecule has 0 bridgehead atoms. The number of hydrogen-bond donors (Lipinski definition) is 1. The summed E-state index contributed by atoms with van der Waals surface area (Å²) in [7, 11) is 1.93. The molecule has 1 unspecified atom stereocenters. The molecule has 2 aromatic rings. The lowest BCUT2D eigenvalue weighted by Gasteiger charge is -2.37. The van der Waals surface area contributed by atoms with Crippen molar-refractivity contribution >= 4 is 28.9 Å². The van der Waals surface area contributed by atoms with E-state index in [2.05, 4.69) is 23.2 Å². The number of para-hydroxylation sites is 2. The van der Waals surface area contributed by atoms with Gasteiger partial charge in [0.15, 0.2) is 0 Å². The summed E-state index contributed by atoms with van der Waals surface area (Å²) >= 11 is 6.19. The Morgan fingerprint density at radius 1 is 1.33 bits per heavy atom. The Labute approximate surface area is 165 Å². The Balaban J connectivity index is 1.56. The van der Waals surface area contributed by atoms with Gasteiger partial charge in [-0.2, -0.15) is 0 Å². The van der Waals surface area contributed by atoms with E-state index in [0.717, 1.165) is 30.1 Å². The molecule has 0 fully saturated rings. The van der Waals surface area contributed by atoms with Crippen LogP contribution in [0.3, 0.4) is 0 Å². The van der Waals surface area contributed by atoms with E-state index >= 15 is 0 Å². The van der Waals surface area contributed by atoms with Crippen molar-refractivity contribution in [3.8, 4) is 5.75 Å². The van der Waals surface area contributed by atoms with Crippen LogP contribution in [0.4, 0.5) is 11.4 Å². The summed E-state index contributed by atoms with van der Waals surface area (Å²) in [5.74, 6) is 0.812. The molecule has 0 aliphatic carbocycles. The van der Waals surface area contributed by atoms with Crippen molar-refractivity contribution < 1.29 is 9.53 Å². The van der Waals surface area contributed by atoms with Gasteiger partial charge < -0.3 is 15.0 Å². The molecule has 1 heterocycles. The second-order valence-corrected chi connectivity index (χ2v) is 7.38. The minimum Gasteiger partial charge on any atom is -0.485 e. The molecule has 1 amide bonds. The average molecular weight is 388 g/mol. The Kier molecular flexibility index (Phi) is 6.24. The SMILES string of the molecule is CCN1CC(CN(C)CC(=O)Nc2ccc(C)cc2Cl)Oc2ccccc21. The third-order valence-electron chi connectivity index (χ3n) is 4.63. The second-order valence-electron chi connectivity index (χ2n) is 6.97. The zero-order valence-electron chi connectivity index (χ0n) is 16.0. The monoisotopic (exact) mass is 387 g/mol. The maximum Gasteiger partial charge on any atom is 0.238 e. The lowest BCUT2D eigenvalue weighted by Crippen LogP contribution is -2.46. The van der Waals surface area contributed by atoms with Gasteiger partial charge in [-0.3, -0.25) is 9.69 Å². The average Bonchev–Trinajstić information content (AvgIpc) is 2.63. The smallest absolute Gasteiger partial charge is 0.238 e. The highest BCUT2D eigenvalue weighted by Crippen LogP contribution is 2.32. The second kappa shape index (κ2) is 8.63. The number of ether oxygens (including phenoxy) is 1. The number of nitrogens with one attached hydrogen (secondary N) is 1. The summed E-state index contributed by atoms with van der Waals surface area (Å²) < 4.78 is 6.13. The van der Waals surface area contributed by atoms with E-state index in [1.54, 1.807) is 0 Å². The Morgan fingerprint density at radius 3 is 2.85 bits per heavy atom. The number of carbonyl (C=O) groups excluding carboxylic acids is 1. The van der Waals surface area contributed by atoms with E-state index in [9.17, 15) is 4.79 Å². The highest BCUT2D eigenvalue weighted by Gasteiger charge is 2.25. The van der Waals surface area contributed by atoms with Crippen molar-refractivity contribution in [1.29, 1.82) is 0 Å². The molecule has 1 aliphatic heterocycles. The van der Waals surface area contributed by atoms with Crippen LogP contribution >= 0.6 is 11.6 Å². The number of rotatable bonds is 6. The van der Waals surface area contributed by atoms with E-state index in [0.29, 0.717) is 17.3 Å². The van der Waals surface area contributed by atoms with Crippen molar-refractivity contribution in [2.24, 2.45) is 0 Å². The third-order valence-corrected chi connectivity index (χ3v) is 4.95.